The lowest BCUT2D eigenvalue weighted by Gasteiger charge is -2.39. The number of aliphatic hydroxyl groups excluding tert-OH is 1. The lowest BCUT2D eigenvalue weighted by molar-refractivity contribution is 0.207. The highest BCUT2D eigenvalue weighted by Gasteiger charge is 2.37. The van der Waals surface area contributed by atoms with Gasteiger partial charge >= 0.3 is 0 Å². The van der Waals surface area contributed by atoms with Crippen LogP contribution in [0.25, 0.3) is 0 Å². The molecule has 4 rings (SSSR count). The predicted molar refractivity (Wildman–Crippen MR) is 117 cm³/mol. The second-order valence-corrected chi connectivity index (χ2v) is 8.62. The maximum absolute atomic E-state index is 10.8. The zero-order valence-corrected chi connectivity index (χ0v) is 17.4. The summed E-state index contributed by atoms with van der Waals surface area (Å²) in [4.78, 5) is 2.44. The van der Waals surface area contributed by atoms with E-state index in [4.69, 9.17) is 4.74 Å². The number of ether oxygens (including phenoxy) is 1. The Hall–Kier alpha value is -2.20. The smallest absolute Gasteiger partial charge is 0.125 e. The minimum absolute atomic E-state index is 0.0994. The molecule has 1 saturated heterocycles. The van der Waals surface area contributed by atoms with Crippen molar-refractivity contribution < 1.29 is 14.9 Å². The van der Waals surface area contributed by atoms with Crippen LogP contribution in [0.5, 0.6) is 11.5 Å². The largest absolute Gasteiger partial charge is 0.507 e. The van der Waals surface area contributed by atoms with Gasteiger partial charge in [0.15, 0.2) is 0 Å². The van der Waals surface area contributed by atoms with Gasteiger partial charge in [0.2, 0.25) is 0 Å². The number of nitrogens with zero attached hydrogens (tertiary/aromatic N) is 1. The Balaban J connectivity index is 1.44. The predicted octanol–water partition coefficient (Wildman–Crippen LogP) is 5.02. The first-order valence-electron chi connectivity index (χ1n) is 11.1. The van der Waals surface area contributed by atoms with E-state index in [1.165, 1.54) is 18.4 Å². The Morgan fingerprint density at radius 1 is 1.21 bits per heavy atom. The van der Waals surface area contributed by atoms with E-state index < -0.39 is 0 Å². The van der Waals surface area contributed by atoms with Crippen molar-refractivity contribution in [3.8, 4) is 11.5 Å². The number of benzene rings is 2. The summed E-state index contributed by atoms with van der Waals surface area (Å²) in [5.41, 5.74) is 3.48. The van der Waals surface area contributed by atoms with E-state index in [0.717, 1.165) is 49.2 Å². The van der Waals surface area contributed by atoms with E-state index in [-0.39, 0.29) is 18.6 Å². The van der Waals surface area contributed by atoms with E-state index in [0.29, 0.717) is 18.2 Å². The number of fused-ring (bicyclic) bond motifs is 3. The Kier molecular flexibility index (Phi) is 6.29. The molecule has 2 aromatic carbocycles. The van der Waals surface area contributed by atoms with E-state index in [9.17, 15) is 10.2 Å². The molecule has 2 N–H and O–H groups in total. The standard InChI is InChI=1S/C25H33NO3/c1-18(7-5-10-19-8-3-2-4-9-19)29-22-16-23-25(24(28)17-22)20(12-14-27)15-21-11-6-13-26(21)23/h2-4,8-9,16-18,20-21,27-28H,5-7,10-15H2,1H3/t18?,20-,21?/m0/s1. The molecular weight excluding hydrogens is 362 g/mol. The number of rotatable bonds is 8. The maximum atomic E-state index is 10.8. The first-order chi connectivity index (χ1) is 14.2. The van der Waals surface area contributed by atoms with Crippen LogP contribution < -0.4 is 9.64 Å². The number of aromatic hydroxyl groups is 1. The normalized spacial score (nSPS) is 21.5. The Labute approximate surface area is 174 Å². The van der Waals surface area contributed by atoms with Crippen LogP contribution in [0, 0.1) is 0 Å². The fraction of sp³-hybridized carbons (Fsp3) is 0.520. The van der Waals surface area contributed by atoms with E-state index >= 15 is 0 Å². The molecule has 0 saturated carbocycles. The summed E-state index contributed by atoms with van der Waals surface area (Å²) in [6.45, 7) is 3.31. The van der Waals surface area contributed by atoms with Crippen molar-refractivity contribution in [2.75, 3.05) is 18.1 Å². The van der Waals surface area contributed by atoms with Gasteiger partial charge in [-0.05, 0) is 63.4 Å². The molecule has 4 nitrogen and oxygen atoms in total. The van der Waals surface area contributed by atoms with Crippen LogP contribution in [0.2, 0.25) is 0 Å². The van der Waals surface area contributed by atoms with Crippen molar-refractivity contribution in [2.45, 2.75) is 69.9 Å². The molecule has 29 heavy (non-hydrogen) atoms. The summed E-state index contributed by atoms with van der Waals surface area (Å²) in [5, 5.41) is 20.3. The third-order valence-corrected chi connectivity index (χ3v) is 6.50. The van der Waals surface area contributed by atoms with Gasteiger partial charge in [-0.2, -0.15) is 0 Å². The first-order valence-corrected chi connectivity index (χ1v) is 11.1. The summed E-state index contributed by atoms with van der Waals surface area (Å²) in [6.07, 6.45) is 7.34. The number of aliphatic hydroxyl groups is 1. The van der Waals surface area contributed by atoms with Crippen LogP contribution in [0.4, 0.5) is 5.69 Å². The van der Waals surface area contributed by atoms with Gasteiger partial charge in [0.25, 0.3) is 0 Å². The van der Waals surface area contributed by atoms with E-state index in [1.54, 1.807) is 6.07 Å². The lowest BCUT2D eigenvalue weighted by Crippen LogP contribution is -2.36. The van der Waals surface area contributed by atoms with Crippen LogP contribution in [0.15, 0.2) is 42.5 Å². The average molecular weight is 396 g/mol. The molecule has 1 fully saturated rings. The van der Waals surface area contributed by atoms with Gasteiger partial charge in [-0.3, -0.25) is 0 Å². The molecule has 2 aliphatic heterocycles. The lowest BCUT2D eigenvalue weighted by atomic mass is 9.83. The van der Waals surface area contributed by atoms with Crippen molar-refractivity contribution in [1.29, 1.82) is 0 Å². The third kappa shape index (κ3) is 4.53. The molecule has 0 radical (unpaired) electrons. The molecule has 0 bridgehead atoms. The van der Waals surface area contributed by atoms with Gasteiger partial charge in [0.05, 0.1) is 6.10 Å². The number of anilines is 1. The highest BCUT2D eigenvalue weighted by Crippen LogP contribution is 2.49. The van der Waals surface area contributed by atoms with Crippen LogP contribution in [-0.4, -0.2) is 35.5 Å². The molecule has 2 aromatic rings. The summed E-state index contributed by atoms with van der Waals surface area (Å²) in [6, 6.07) is 15.0. The highest BCUT2D eigenvalue weighted by atomic mass is 16.5. The Bertz CT molecular complexity index is 807. The molecule has 2 aliphatic rings. The fourth-order valence-electron chi connectivity index (χ4n) is 5.11. The number of phenolic OH excluding ortho intramolecular Hbond substituents is 1. The summed E-state index contributed by atoms with van der Waals surface area (Å²) < 4.78 is 6.21. The highest BCUT2D eigenvalue weighted by molar-refractivity contribution is 5.67. The van der Waals surface area contributed by atoms with E-state index in [1.807, 2.05) is 6.07 Å². The first kappa shape index (κ1) is 20.1. The topological polar surface area (TPSA) is 52.9 Å². The van der Waals surface area contributed by atoms with Crippen molar-refractivity contribution >= 4 is 5.69 Å². The molecule has 0 aromatic heterocycles. The second-order valence-electron chi connectivity index (χ2n) is 8.62. The van der Waals surface area contributed by atoms with Crippen LogP contribution in [0.1, 0.15) is 62.5 Å². The van der Waals surface area contributed by atoms with Gasteiger partial charge in [0.1, 0.15) is 11.5 Å². The van der Waals surface area contributed by atoms with Gasteiger partial charge in [0, 0.05) is 42.6 Å². The molecule has 3 atom stereocenters. The van der Waals surface area contributed by atoms with Crippen molar-refractivity contribution in [3.63, 3.8) is 0 Å². The molecule has 2 unspecified atom stereocenters. The number of hydrogen-bond acceptors (Lipinski definition) is 4. The molecule has 2 heterocycles. The minimum atomic E-state index is 0.0994. The van der Waals surface area contributed by atoms with Crippen LogP contribution in [-0.2, 0) is 6.42 Å². The quantitative estimate of drug-likeness (QED) is 0.659. The van der Waals surface area contributed by atoms with Gasteiger partial charge in [-0.1, -0.05) is 30.3 Å². The molecule has 0 spiro atoms. The fourth-order valence-corrected chi connectivity index (χ4v) is 5.11. The third-order valence-electron chi connectivity index (χ3n) is 6.50. The van der Waals surface area contributed by atoms with Crippen molar-refractivity contribution in [3.05, 3.63) is 53.6 Å². The van der Waals surface area contributed by atoms with Crippen LogP contribution in [0.3, 0.4) is 0 Å². The maximum Gasteiger partial charge on any atom is 0.125 e. The zero-order chi connectivity index (χ0) is 20.2. The van der Waals surface area contributed by atoms with Gasteiger partial charge < -0.3 is 19.8 Å². The molecule has 4 heteroatoms. The second kappa shape index (κ2) is 9.08. The number of hydrogen-bond donors (Lipinski definition) is 2. The summed E-state index contributed by atoms with van der Waals surface area (Å²) in [5.74, 6) is 1.30. The summed E-state index contributed by atoms with van der Waals surface area (Å²) in [7, 11) is 0. The Morgan fingerprint density at radius 2 is 2.03 bits per heavy atom. The van der Waals surface area contributed by atoms with Crippen molar-refractivity contribution in [1.82, 2.24) is 0 Å². The number of phenols is 1. The molecule has 0 amide bonds. The minimum Gasteiger partial charge on any atom is -0.507 e. The SMILES string of the molecule is CC(CCCc1ccccc1)Oc1cc(O)c2c(c1)N1CCCC1C[C@@H]2CCO. The average Bonchev–Trinajstić information content (AvgIpc) is 3.17. The molecular formula is C25H33NO3. The zero-order valence-electron chi connectivity index (χ0n) is 17.4. The molecule has 0 aliphatic carbocycles. The van der Waals surface area contributed by atoms with Gasteiger partial charge in [-0.25, -0.2) is 0 Å². The Morgan fingerprint density at radius 3 is 2.83 bits per heavy atom. The van der Waals surface area contributed by atoms with Gasteiger partial charge in [-0.15, -0.1) is 0 Å². The van der Waals surface area contributed by atoms with Crippen LogP contribution >= 0.6 is 0 Å². The number of aryl methyl sites for hydroxylation is 1. The summed E-state index contributed by atoms with van der Waals surface area (Å²) >= 11 is 0. The molecule has 156 valence electrons. The van der Waals surface area contributed by atoms with Crippen molar-refractivity contribution in [2.24, 2.45) is 0 Å². The monoisotopic (exact) mass is 395 g/mol. The van der Waals surface area contributed by atoms with E-state index in [2.05, 4.69) is 42.2 Å².